The van der Waals surface area contributed by atoms with Crippen LogP contribution in [0.25, 0.3) is 0 Å². The maximum absolute atomic E-state index is 12.9. The molecule has 0 spiro atoms. The number of carbonyl (C=O) groups excluding carboxylic acids is 1. The number of amides is 1. The van der Waals surface area contributed by atoms with E-state index < -0.39 is 0 Å². The molecule has 1 aliphatic heterocycles. The van der Waals surface area contributed by atoms with Gasteiger partial charge in [0.15, 0.2) is 0 Å². The highest BCUT2D eigenvalue weighted by atomic mass is 16.1. The number of aromatic nitrogens is 2. The first kappa shape index (κ1) is 19.3. The molecular weight excluding hydrogens is 336 g/mol. The molecule has 0 atom stereocenters. The van der Waals surface area contributed by atoms with E-state index in [9.17, 15) is 4.79 Å². The third-order valence-corrected chi connectivity index (χ3v) is 5.12. The van der Waals surface area contributed by atoms with Gasteiger partial charge in [0.1, 0.15) is 5.69 Å². The monoisotopic (exact) mass is 366 g/mol. The number of piperidine rings is 1. The molecule has 1 aromatic heterocycles. The Labute approximate surface area is 162 Å². The first-order valence-electron chi connectivity index (χ1n) is 9.75. The average Bonchev–Trinajstić information content (AvgIpc) is 2.61. The summed E-state index contributed by atoms with van der Waals surface area (Å²) >= 11 is 0. The van der Waals surface area contributed by atoms with Gasteiger partial charge in [0.2, 0.25) is 5.95 Å². The molecule has 0 bridgehead atoms. The van der Waals surface area contributed by atoms with Crippen LogP contribution in [0.2, 0.25) is 0 Å². The van der Waals surface area contributed by atoms with Crippen LogP contribution in [-0.2, 0) is 5.41 Å². The molecule has 144 valence electrons. The maximum Gasteiger partial charge on any atom is 0.274 e. The number of hydrogen-bond donors (Lipinski definition) is 1. The largest absolute Gasteiger partial charge is 0.341 e. The van der Waals surface area contributed by atoms with Crippen LogP contribution in [0.3, 0.4) is 0 Å². The van der Waals surface area contributed by atoms with Crippen LogP contribution in [0.15, 0.2) is 30.3 Å². The Kier molecular flexibility index (Phi) is 5.49. The van der Waals surface area contributed by atoms with Gasteiger partial charge < -0.3 is 10.2 Å². The number of rotatable bonds is 3. The molecule has 2 aromatic rings. The summed E-state index contributed by atoms with van der Waals surface area (Å²) < 4.78 is 0. The Morgan fingerprint density at radius 2 is 1.81 bits per heavy atom. The number of nitrogens with one attached hydrogen (secondary N) is 1. The van der Waals surface area contributed by atoms with E-state index >= 15 is 0 Å². The summed E-state index contributed by atoms with van der Waals surface area (Å²) in [5.41, 5.74) is 3.11. The lowest BCUT2D eigenvalue weighted by Crippen LogP contribution is -2.34. The molecule has 1 fully saturated rings. The minimum absolute atomic E-state index is 0.0544. The fraction of sp³-hybridized carbons (Fsp3) is 0.500. The van der Waals surface area contributed by atoms with Crippen molar-refractivity contribution in [3.63, 3.8) is 0 Å². The van der Waals surface area contributed by atoms with Crippen molar-refractivity contribution in [3.8, 4) is 0 Å². The van der Waals surface area contributed by atoms with E-state index in [-0.39, 0.29) is 11.3 Å². The van der Waals surface area contributed by atoms with Crippen molar-refractivity contribution >= 4 is 17.5 Å². The van der Waals surface area contributed by atoms with Crippen LogP contribution in [0.5, 0.6) is 0 Å². The van der Waals surface area contributed by atoms with Gasteiger partial charge in [0, 0.05) is 24.5 Å². The zero-order valence-corrected chi connectivity index (χ0v) is 17.0. The van der Waals surface area contributed by atoms with Gasteiger partial charge in [0.25, 0.3) is 5.91 Å². The Hall–Kier alpha value is -2.43. The third-order valence-electron chi connectivity index (χ3n) is 5.12. The summed E-state index contributed by atoms with van der Waals surface area (Å²) in [5, 5.41) is 3.05. The van der Waals surface area contributed by atoms with Gasteiger partial charge in [-0.25, -0.2) is 9.97 Å². The molecule has 1 aromatic carbocycles. The molecule has 1 N–H and O–H groups in total. The van der Waals surface area contributed by atoms with E-state index in [2.05, 4.69) is 53.9 Å². The quantitative estimate of drug-likeness (QED) is 0.864. The molecule has 0 saturated carbocycles. The van der Waals surface area contributed by atoms with Crippen molar-refractivity contribution < 1.29 is 4.79 Å². The predicted octanol–water partition coefficient (Wildman–Crippen LogP) is 4.57. The van der Waals surface area contributed by atoms with Crippen molar-refractivity contribution in [1.29, 1.82) is 0 Å². The summed E-state index contributed by atoms with van der Waals surface area (Å²) in [6, 6.07) is 9.70. The van der Waals surface area contributed by atoms with Gasteiger partial charge in [-0.2, -0.15) is 0 Å². The SMILES string of the molecule is Cc1cc(C(=O)Nc2ccccc2C(C)(C)C)nc(N2CCC(C)CC2)n1. The molecule has 0 radical (unpaired) electrons. The van der Waals surface area contributed by atoms with Crippen LogP contribution in [0.1, 0.15) is 62.3 Å². The molecule has 5 nitrogen and oxygen atoms in total. The van der Waals surface area contributed by atoms with Crippen molar-refractivity contribution in [1.82, 2.24) is 9.97 Å². The number of nitrogens with zero attached hydrogens (tertiary/aromatic N) is 3. The van der Waals surface area contributed by atoms with Crippen molar-refractivity contribution in [2.45, 2.75) is 52.9 Å². The highest BCUT2D eigenvalue weighted by molar-refractivity contribution is 6.03. The fourth-order valence-corrected chi connectivity index (χ4v) is 3.45. The Morgan fingerprint density at radius 1 is 1.15 bits per heavy atom. The third kappa shape index (κ3) is 4.65. The molecular formula is C22H30N4O. The maximum atomic E-state index is 12.9. The van der Waals surface area contributed by atoms with Gasteiger partial charge in [0.05, 0.1) is 0 Å². The molecule has 0 unspecified atom stereocenters. The topological polar surface area (TPSA) is 58.1 Å². The lowest BCUT2D eigenvalue weighted by Gasteiger charge is -2.30. The predicted molar refractivity (Wildman–Crippen MR) is 110 cm³/mol. The zero-order valence-electron chi connectivity index (χ0n) is 17.0. The van der Waals surface area contributed by atoms with Crippen molar-refractivity contribution in [3.05, 3.63) is 47.3 Å². The van der Waals surface area contributed by atoms with Crippen molar-refractivity contribution in [2.24, 2.45) is 5.92 Å². The molecule has 0 aliphatic carbocycles. The zero-order chi connectivity index (χ0) is 19.6. The van der Waals surface area contributed by atoms with Crippen LogP contribution >= 0.6 is 0 Å². The number of anilines is 2. The van der Waals surface area contributed by atoms with E-state index in [0.29, 0.717) is 11.6 Å². The number of hydrogen-bond acceptors (Lipinski definition) is 4. The summed E-state index contributed by atoms with van der Waals surface area (Å²) in [4.78, 5) is 24.2. The number of benzene rings is 1. The summed E-state index contributed by atoms with van der Waals surface area (Å²) in [5.74, 6) is 1.21. The van der Waals surface area contributed by atoms with Gasteiger partial charge in [-0.05, 0) is 48.8 Å². The summed E-state index contributed by atoms with van der Waals surface area (Å²) in [6.07, 6.45) is 2.27. The lowest BCUT2D eigenvalue weighted by atomic mass is 9.86. The van der Waals surface area contributed by atoms with Crippen LogP contribution in [0.4, 0.5) is 11.6 Å². The molecule has 1 amide bonds. The fourth-order valence-electron chi connectivity index (χ4n) is 3.45. The number of para-hydroxylation sites is 1. The lowest BCUT2D eigenvalue weighted by molar-refractivity contribution is 0.102. The number of carbonyl (C=O) groups is 1. The van der Waals surface area contributed by atoms with E-state index in [4.69, 9.17) is 0 Å². The first-order valence-corrected chi connectivity index (χ1v) is 9.75. The smallest absolute Gasteiger partial charge is 0.274 e. The second-order valence-electron chi connectivity index (χ2n) is 8.61. The molecule has 3 rings (SSSR count). The minimum atomic E-state index is -0.191. The molecule has 1 saturated heterocycles. The van der Waals surface area contributed by atoms with Gasteiger partial charge in [-0.3, -0.25) is 4.79 Å². The normalized spacial score (nSPS) is 15.7. The van der Waals surface area contributed by atoms with Crippen LogP contribution < -0.4 is 10.2 Å². The van der Waals surface area contributed by atoms with Gasteiger partial charge in [-0.15, -0.1) is 0 Å². The summed E-state index contributed by atoms with van der Waals surface area (Å²) in [7, 11) is 0. The highest BCUT2D eigenvalue weighted by Gasteiger charge is 2.22. The van der Waals surface area contributed by atoms with Gasteiger partial charge in [-0.1, -0.05) is 45.9 Å². The van der Waals surface area contributed by atoms with E-state index in [1.165, 1.54) is 0 Å². The first-order chi connectivity index (χ1) is 12.7. The average molecular weight is 367 g/mol. The summed E-state index contributed by atoms with van der Waals surface area (Å²) in [6.45, 7) is 12.5. The molecule has 27 heavy (non-hydrogen) atoms. The second kappa shape index (κ2) is 7.67. The standard InChI is InChI=1S/C22H30N4O/c1-15-10-12-26(13-11-15)21-23-16(2)14-19(25-21)20(27)24-18-9-7-6-8-17(18)22(3,4)5/h6-9,14-15H,10-13H2,1-5H3,(H,24,27). The Bertz CT molecular complexity index is 817. The van der Waals surface area contributed by atoms with Gasteiger partial charge >= 0.3 is 0 Å². The van der Waals surface area contributed by atoms with Crippen LogP contribution in [-0.4, -0.2) is 29.0 Å². The Morgan fingerprint density at radius 3 is 2.48 bits per heavy atom. The van der Waals surface area contributed by atoms with E-state index in [1.807, 2.05) is 25.1 Å². The van der Waals surface area contributed by atoms with Crippen molar-refractivity contribution in [2.75, 3.05) is 23.3 Å². The second-order valence-corrected chi connectivity index (χ2v) is 8.61. The molecule has 1 aliphatic rings. The minimum Gasteiger partial charge on any atom is -0.341 e. The highest BCUT2D eigenvalue weighted by Crippen LogP contribution is 2.29. The Balaban J connectivity index is 1.84. The van der Waals surface area contributed by atoms with E-state index in [0.717, 1.165) is 48.8 Å². The van der Waals surface area contributed by atoms with Crippen LogP contribution in [0, 0.1) is 12.8 Å². The van der Waals surface area contributed by atoms with E-state index in [1.54, 1.807) is 6.07 Å². The molecule has 5 heteroatoms. The molecule has 2 heterocycles. The number of aryl methyl sites for hydroxylation is 1.